The summed E-state index contributed by atoms with van der Waals surface area (Å²) in [4.78, 5) is 11.3. The quantitative estimate of drug-likeness (QED) is 0.713. The Morgan fingerprint density at radius 3 is 2.85 bits per heavy atom. The molecule has 0 spiro atoms. The number of aryl methyl sites for hydroxylation is 1. The van der Waals surface area contributed by atoms with E-state index in [1.54, 1.807) is 0 Å². The lowest BCUT2D eigenvalue weighted by Gasteiger charge is -2.16. The van der Waals surface area contributed by atoms with Gasteiger partial charge in [-0.3, -0.25) is 4.90 Å². The van der Waals surface area contributed by atoms with E-state index in [9.17, 15) is 0 Å². The predicted molar refractivity (Wildman–Crippen MR) is 80.8 cm³/mol. The Bertz CT molecular complexity index is 875. The molecule has 4 rings (SSSR count). The Kier molecular flexibility index (Phi) is 2.33. The van der Waals surface area contributed by atoms with Crippen molar-refractivity contribution in [2.75, 3.05) is 0 Å². The summed E-state index contributed by atoms with van der Waals surface area (Å²) in [5.41, 5.74) is 3.30. The third-order valence-electron chi connectivity index (χ3n) is 3.48. The Morgan fingerprint density at radius 2 is 1.90 bits per heavy atom. The highest BCUT2D eigenvalue weighted by atomic mass is 15.3. The molecule has 20 heavy (non-hydrogen) atoms. The molecule has 0 bridgehead atoms. The van der Waals surface area contributed by atoms with Crippen molar-refractivity contribution < 1.29 is 0 Å². The van der Waals surface area contributed by atoms with Gasteiger partial charge in [-0.25, -0.2) is 9.98 Å². The van der Waals surface area contributed by atoms with Gasteiger partial charge in [-0.1, -0.05) is 29.8 Å². The number of hydrogen-bond donors (Lipinski definition) is 0. The van der Waals surface area contributed by atoms with Crippen molar-refractivity contribution in [1.29, 1.82) is 0 Å². The van der Waals surface area contributed by atoms with Gasteiger partial charge in [-0.05, 0) is 31.2 Å². The highest BCUT2D eigenvalue weighted by Crippen LogP contribution is 2.24. The van der Waals surface area contributed by atoms with Crippen LogP contribution in [-0.2, 0) is 0 Å². The number of aliphatic imine (C=N–C) groups is 1. The average molecular weight is 259 g/mol. The van der Waals surface area contributed by atoms with Crippen LogP contribution in [0.4, 0.5) is 5.69 Å². The molecule has 96 valence electrons. The minimum atomic E-state index is 0.711. The van der Waals surface area contributed by atoms with Gasteiger partial charge in [0.1, 0.15) is 0 Å². The summed E-state index contributed by atoms with van der Waals surface area (Å²) in [5.74, 6) is 0.711. The summed E-state index contributed by atoms with van der Waals surface area (Å²) in [5, 5.41) is 2.10. The summed E-state index contributed by atoms with van der Waals surface area (Å²) < 4.78 is 0. The molecule has 2 aromatic rings. The maximum atomic E-state index is 4.66. The molecule has 0 unspecified atom stereocenters. The van der Waals surface area contributed by atoms with E-state index in [1.165, 1.54) is 5.56 Å². The largest absolute Gasteiger partial charge is 0.292 e. The van der Waals surface area contributed by atoms with Gasteiger partial charge in [0.05, 0.1) is 11.0 Å². The first-order valence-corrected chi connectivity index (χ1v) is 6.61. The van der Waals surface area contributed by atoms with E-state index in [1.807, 2.05) is 35.4 Å². The standard InChI is InChI=1S/C17H13N3/c1-12-6-7-16-14(10-12)11-20-9-8-13-4-2-3-5-15(13)18-17(20)19-16/h2-11H,1H3. The molecular formula is C17H13N3. The van der Waals surface area contributed by atoms with Crippen LogP contribution in [0, 0.1) is 6.92 Å². The smallest absolute Gasteiger partial charge is 0.234 e. The van der Waals surface area contributed by atoms with Gasteiger partial charge in [-0.15, -0.1) is 0 Å². The number of guanidine groups is 1. The van der Waals surface area contributed by atoms with Gasteiger partial charge in [0.25, 0.3) is 0 Å². The molecule has 0 aromatic heterocycles. The Balaban J connectivity index is 1.97. The van der Waals surface area contributed by atoms with Crippen molar-refractivity contribution in [2.24, 2.45) is 9.98 Å². The monoisotopic (exact) mass is 259 g/mol. The van der Waals surface area contributed by atoms with Crippen LogP contribution in [0.2, 0.25) is 0 Å². The van der Waals surface area contributed by atoms with Gasteiger partial charge >= 0.3 is 0 Å². The summed E-state index contributed by atoms with van der Waals surface area (Å²) in [6, 6.07) is 14.3. The zero-order chi connectivity index (χ0) is 13.5. The minimum Gasteiger partial charge on any atom is -0.292 e. The molecule has 3 heteroatoms. The highest BCUT2D eigenvalue weighted by molar-refractivity contribution is 5.91. The number of benzene rings is 2. The first kappa shape index (κ1) is 11.2. The fraction of sp³-hybridized carbons (Fsp3) is 0.0588. The summed E-state index contributed by atoms with van der Waals surface area (Å²) >= 11 is 0. The fourth-order valence-electron chi connectivity index (χ4n) is 2.44. The van der Waals surface area contributed by atoms with Crippen LogP contribution in [0.5, 0.6) is 0 Å². The third-order valence-corrected chi connectivity index (χ3v) is 3.48. The van der Waals surface area contributed by atoms with Crippen molar-refractivity contribution in [1.82, 2.24) is 4.90 Å². The molecule has 0 N–H and O–H groups in total. The SMILES string of the molecule is Cc1ccc2c(c1)=CN1C=Cc3ccccc3N=C1N=2. The Morgan fingerprint density at radius 1 is 1.00 bits per heavy atom. The lowest BCUT2D eigenvalue weighted by atomic mass is 10.2. The van der Waals surface area contributed by atoms with Gasteiger partial charge in [0, 0.05) is 23.2 Å². The highest BCUT2D eigenvalue weighted by Gasteiger charge is 2.13. The molecule has 0 fully saturated rings. The van der Waals surface area contributed by atoms with Crippen molar-refractivity contribution in [3.05, 3.63) is 70.4 Å². The van der Waals surface area contributed by atoms with Gasteiger partial charge in [-0.2, -0.15) is 0 Å². The molecule has 0 radical (unpaired) electrons. The zero-order valence-electron chi connectivity index (χ0n) is 11.1. The van der Waals surface area contributed by atoms with E-state index in [2.05, 4.69) is 47.4 Å². The molecule has 0 aliphatic carbocycles. The van der Waals surface area contributed by atoms with Gasteiger partial charge in [0.15, 0.2) is 0 Å². The van der Waals surface area contributed by atoms with Crippen LogP contribution in [0.25, 0.3) is 12.3 Å². The van der Waals surface area contributed by atoms with Crippen molar-refractivity contribution >= 4 is 23.9 Å². The first-order chi connectivity index (χ1) is 9.79. The Labute approximate surface area is 116 Å². The summed E-state index contributed by atoms with van der Waals surface area (Å²) in [7, 11) is 0. The van der Waals surface area contributed by atoms with Crippen LogP contribution in [-0.4, -0.2) is 10.9 Å². The maximum Gasteiger partial charge on any atom is 0.234 e. The van der Waals surface area contributed by atoms with Crippen LogP contribution in [0.1, 0.15) is 11.1 Å². The number of rotatable bonds is 0. The topological polar surface area (TPSA) is 28.0 Å². The molecule has 0 saturated carbocycles. The molecular weight excluding hydrogens is 246 g/mol. The Hall–Kier alpha value is -2.68. The third kappa shape index (κ3) is 1.75. The number of para-hydroxylation sites is 1. The molecule has 2 heterocycles. The van der Waals surface area contributed by atoms with E-state index in [4.69, 9.17) is 0 Å². The average Bonchev–Trinajstić information content (AvgIpc) is 2.64. The van der Waals surface area contributed by atoms with Crippen LogP contribution < -0.4 is 10.6 Å². The fourth-order valence-corrected chi connectivity index (χ4v) is 2.44. The molecule has 2 aliphatic rings. The van der Waals surface area contributed by atoms with Crippen LogP contribution in [0.15, 0.2) is 58.6 Å². The normalized spacial score (nSPS) is 15.1. The van der Waals surface area contributed by atoms with E-state index in [0.717, 1.165) is 21.8 Å². The van der Waals surface area contributed by atoms with Gasteiger partial charge in [0.2, 0.25) is 5.96 Å². The molecule has 0 amide bonds. The molecule has 0 atom stereocenters. The molecule has 2 aliphatic heterocycles. The second kappa shape index (κ2) is 4.17. The summed E-state index contributed by atoms with van der Waals surface area (Å²) in [6.07, 6.45) is 6.16. The van der Waals surface area contributed by atoms with Gasteiger partial charge < -0.3 is 0 Å². The van der Waals surface area contributed by atoms with Crippen molar-refractivity contribution in [3.63, 3.8) is 0 Å². The van der Waals surface area contributed by atoms with E-state index < -0.39 is 0 Å². The second-order valence-electron chi connectivity index (χ2n) is 5.00. The number of hydrogen-bond acceptors (Lipinski definition) is 3. The zero-order valence-corrected chi connectivity index (χ0v) is 11.1. The summed E-state index contributed by atoms with van der Waals surface area (Å²) in [6.45, 7) is 2.09. The number of fused-ring (bicyclic) bond motifs is 3. The first-order valence-electron chi connectivity index (χ1n) is 6.61. The molecule has 3 nitrogen and oxygen atoms in total. The van der Waals surface area contributed by atoms with E-state index >= 15 is 0 Å². The van der Waals surface area contributed by atoms with E-state index in [0.29, 0.717) is 5.96 Å². The van der Waals surface area contributed by atoms with Crippen molar-refractivity contribution in [2.45, 2.75) is 6.92 Å². The molecule has 2 aromatic carbocycles. The van der Waals surface area contributed by atoms with Crippen LogP contribution in [0.3, 0.4) is 0 Å². The predicted octanol–water partition coefficient (Wildman–Crippen LogP) is 2.34. The lowest BCUT2D eigenvalue weighted by molar-refractivity contribution is 0.796. The maximum absolute atomic E-state index is 4.66. The lowest BCUT2D eigenvalue weighted by Crippen LogP contribution is -2.36. The molecule has 0 saturated heterocycles. The van der Waals surface area contributed by atoms with E-state index in [-0.39, 0.29) is 0 Å². The van der Waals surface area contributed by atoms with Crippen LogP contribution >= 0.6 is 0 Å². The second-order valence-corrected chi connectivity index (χ2v) is 5.00. The minimum absolute atomic E-state index is 0.711. The number of nitrogens with zero attached hydrogens (tertiary/aromatic N) is 3. The van der Waals surface area contributed by atoms with Crippen molar-refractivity contribution in [3.8, 4) is 0 Å².